The Kier molecular flexibility index (Phi) is 2.60. The molecule has 0 spiro atoms. The molecule has 1 heteroatoms. The second-order valence-electron chi connectivity index (χ2n) is 8.32. The first-order valence-corrected chi connectivity index (χ1v) is 8.40. The van der Waals surface area contributed by atoms with Crippen LogP contribution in [0.5, 0.6) is 0 Å². The zero-order chi connectivity index (χ0) is 12.4. The van der Waals surface area contributed by atoms with Crippen molar-refractivity contribution in [3.05, 3.63) is 0 Å². The predicted molar refractivity (Wildman–Crippen MR) is 74.9 cm³/mol. The Morgan fingerprint density at radius 3 is 1.94 bits per heavy atom. The van der Waals surface area contributed by atoms with Gasteiger partial charge in [-0.1, -0.05) is 13.8 Å². The molecule has 0 radical (unpaired) electrons. The summed E-state index contributed by atoms with van der Waals surface area (Å²) in [7, 11) is 0. The highest BCUT2D eigenvalue weighted by atomic mass is 14.8. The lowest BCUT2D eigenvalue weighted by Gasteiger charge is -2.36. The van der Waals surface area contributed by atoms with E-state index in [1.165, 1.54) is 32.1 Å². The Hall–Kier alpha value is -0.0400. The molecule has 4 fully saturated rings. The fourth-order valence-corrected chi connectivity index (χ4v) is 6.54. The van der Waals surface area contributed by atoms with Gasteiger partial charge in [0.1, 0.15) is 0 Å². The van der Waals surface area contributed by atoms with Gasteiger partial charge in [0, 0.05) is 6.04 Å². The topological polar surface area (TPSA) is 26.0 Å². The molecule has 0 aromatic rings. The van der Waals surface area contributed by atoms with E-state index in [4.69, 9.17) is 5.73 Å². The summed E-state index contributed by atoms with van der Waals surface area (Å²) in [5, 5.41) is 0. The summed E-state index contributed by atoms with van der Waals surface area (Å²) < 4.78 is 0. The van der Waals surface area contributed by atoms with Gasteiger partial charge in [0.2, 0.25) is 0 Å². The zero-order valence-electron chi connectivity index (χ0n) is 12.0. The fraction of sp³-hybridized carbons (Fsp3) is 1.00. The van der Waals surface area contributed by atoms with Crippen LogP contribution in [0.25, 0.3) is 0 Å². The number of hydrogen-bond acceptors (Lipinski definition) is 1. The van der Waals surface area contributed by atoms with Crippen LogP contribution in [-0.2, 0) is 0 Å². The van der Waals surface area contributed by atoms with Gasteiger partial charge >= 0.3 is 0 Å². The number of hydrogen-bond donors (Lipinski definition) is 1. The van der Waals surface area contributed by atoms with Crippen LogP contribution in [0.15, 0.2) is 0 Å². The standard InChI is InChI=1S/C17H29N/c1-9-5-10(2)7-13(6-9)17(18)16-14-11-3-4-12(8-11)15(14)16/h9-17H,3-8,18H2,1-2H3. The Labute approximate surface area is 112 Å². The summed E-state index contributed by atoms with van der Waals surface area (Å²) in [6, 6.07) is 0.550. The predicted octanol–water partition coefficient (Wildman–Crippen LogP) is 3.68. The number of fused-ring (bicyclic) bond motifs is 5. The van der Waals surface area contributed by atoms with Crippen LogP contribution in [0.4, 0.5) is 0 Å². The summed E-state index contributed by atoms with van der Waals surface area (Å²) >= 11 is 0. The van der Waals surface area contributed by atoms with Crippen molar-refractivity contribution in [1.82, 2.24) is 0 Å². The molecule has 0 aliphatic heterocycles. The molecular weight excluding hydrogens is 218 g/mol. The Bertz CT molecular complexity index is 311. The molecule has 4 rings (SSSR count). The molecule has 7 unspecified atom stereocenters. The van der Waals surface area contributed by atoms with Gasteiger partial charge in [0.25, 0.3) is 0 Å². The first kappa shape index (κ1) is 11.8. The van der Waals surface area contributed by atoms with Crippen LogP contribution in [0.1, 0.15) is 52.4 Å². The molecule has 2 bridgehead atoms. The van der Waals surface area contributed by atoms with Crippen LogP contribution in [0.3, 0.4) is 0 Å². The zero-order valence-corrected chi connectivity index (χ0v) is 12.0. The van der Waals surface area contributed by atoms with Gasteiger partial charge in [-0.05, 0) is 85.9 Å². The van der Waals surface area contributed by atoms with E-state index in [2.05, 4.69) is 13.8 Å². The molecule has 0 saturated heterocycles. The molecular formula is C17H29N. The van der Waals surface area contributed by atoms with E-state index < -0.39 is 0 Å². The largest absolute Gasteiger partial charge is 0.327 e. The van der Waals surface area contributed by atoms with Crippen LogP contribution in [-0.4, -0.2) is 6.04 Å². The van der Waals surface area contributed by atoms with Gasteiger partial charge in [-0.25, -0.2) is 0 Å². The Morgan fingerprint density at radius 2 is 1.39 bits per heavy atom. The summed E-state index contributed by atoms with van der Waals surface area (Å²) in [6.07, 6.45) is 8.90. The van der Waals surface area contributed by atoms with Crippen LogP contribution in [0, 0.1) is 47.3 Å². The third kappa shape index (κ3) is 1.62. The fourth-order valence-electron chi connectivity index (χ4n) is 6.54. The van der Waals surface area contributed by atoms with Crippen molar-refractivity contribution in [1.29, 1.82) is 0 Å². The molecule has 0 heterocycles. The minimum Gasteiger partial charge on any atom is -0.327 e. The average Bonchev–Trinajstić information content (AvgIpc) is 2.74. The summed E-state index contributed by atoms with van der Waals surface area (Å²) in [4.78, 5) is 0. The molecule has 2 N–H and O–H groups in total. The van der Waals surface area contributed by atoms with E-state index >= 15 is 0 Å². The van der Waals surface area contributed by atoms with E-state index in [9.17, 15) is 0 Å². The van der Waals surface area contributed by atoms with Crippen molar-refractivity contribution >= 4 is 0 Å². The number of rotatable bonds is 2. The third-order valence-corrected chi connectivity index (χ3v) is 7.00. The first-order valence-electron chi connectivity index (χ1n) is 8.40. The van der Waals surface area contributed by atoms with Crippen molar-refractivity contribution in [2.75, 3.05) is 0 Å². The van der Waals surface area contributed by atoms with Crippen molar-refractivity contribution in [3.8, 4) is 0 Å². The van der Waals surface area contributed by atoms with E-state index in [1.54, 1.807) is 6.42 Å². The van der Waals surface area contributed by atoms with Crippen molar-refractivity contribution in [3.63, 3.8) is 0 Å². The lowest BCUT2D eigenvalue weighted by molar-refractivity contribution is 0.173. The van der Waals surface area contributed by atoms with Crippen LogP contribution >= 0.6 is 0 Å². The summed E-state index contributed by atoms with van der Waals surface area (Å²) in [5.41, 5.74) is 6.72. The van der Waals surface area contributed by atoms with Crippen LogP contribution in [0.2, 0.25) is 0 Å². The molecule has 102 valence electrons. The Morgan fingerprint density at radius 1 is 0.833 bits per heavy atom. The van der Waals surface area contributed by atoms with E-state index in [0.717, 1.165) is 47.3 Å². The van der Waals surface area contributed by atoms with E-state index in [1.807, 2.05) is 0 Å². The maximum absolute atomic E-state index is 6.72. The summed E-state index contributed by atoms with van der Waals surface area (Å²) in [5.74, 6) is 7.96. The lowest BCUT2D eigenvalue weighted by Crippen LogP contribution is -2.38. The quantitative estimate of drug-likeness (QED) is 0.791. The maximum atomic E-state index is 6.72. The lowest BCUT2D eigenvalue weighted by atomic mass is 9.72. The molecule has 0 aromatic carbocycles. The highest BCUT2D eigenvalue weighted by molar-refractivity contribution is 5.16. The maximum Gasteiger partial charge on any atom is 0.0101 e. The average molecular weight is 247 g/mol. The molecule has 18 heavy (non-hydrogen) atoms. The summed E-state index contributed by atoms with van der Waals surface area (Å²) in [6.45, 7) is 4.87. The SMILES string of the molecule is CC1CC(C)CC(C(N)C2C3C4CCC(C4)C32)C1. The van der Waals surface area contributed by atoms with Gasteiger partial charge in [0.15, 0.2) is 0 Å². The highest BCUT2D eigenvalue weighted by Crippen LogP contribution is 2.70. The third-order valence-electron chi connectivity index (χ3n) is 7.00. The molecule has 1 nitrogen and oxygen atoms in total. The molecule has 0 amide bonds. The minimum atomic E-state index is 0.550. The van der Waals surface area contributed by atoms with E-state index in [0.29, 0.717) is 6.04 Å². The van der Waals surface area contributed by atoms with Gasteiger partial charge in [-0.2, -0.15) is 0 Å². The second-order valence-corrected chi connectivity index (χ2v) is 8.32. The first-order chi connectivity index (χ1) is 8.65. The molecule has 4 aliphatic rings. The van der Waals surface area contributed by atoms with Crippen LogP contribution < -0.4 is 5.73 Å². The monoisotopic (exact) mass is 247 g/mol. The minimum absolute atomic E-state index is 0.550. The molecule has 4 saturated carbocycles. The normalized spacial score (nSPS) is 59.5. The second kappa shape index (κ2) is 3.98. The Balaban J connectivity index is 1.44. The molecule has 7 atom stereocenters. The van der Waals surface area contributed by atoms with Crippen molar-refractivity contribution in [2.24, 2.45) is 53.1 Å². The highest BCUT2D eigenvalue weighted by Gasteiger charge is 2.66. The molecule has 0 aromatic heterocycles. The smallest absolute Gasteiger partial charge is 0.0101 e. The van der Waals surface area contributed by atoms with Crippen molar-refractivity contribution in [2.45, 2.75) is 58.4 Å². The van der Waals surface area contributed by atoms with Gasteiger partial charge < -0.3 is 5.73 Å². The number of nitrogens with two attached hydrogens (primary N) is 1. The van der Waals surface area contributed by atoms with Gasteiger partial charge in [-0.15, -0.1) is 0 Å². The molecule has 4 aliphatic carbocycles. The van der Waals surface area contributed by atoms with E-state index in [-0.39, 0.29) is 0 Å². The van der Waals surface area contributed by atoms with Gasteiger partial charge in [-0.3, -0.25) is 0 Å². The van der Waals surface area contributed by atoms with Gasteiger partial charge in [0.05, 0.1) is 0 Å². The van der Waals surface area contributed by atoms with Crippen molar-refractivity contribution < 1.29 is 0 Å².